The van der Waals surface area contributed by atoms with E-state index in [0.29, 0.717) is 16.9 Å². The van der Waals surface area contributed by atoms with Crippen molar-refractivity contribution in [2.75, 3.05) is 7.11 Å². The first-order valence-corrected chi connectivity index (χ1v) is 8.29. The van der Waals surface area contributed by atoms with Gasteiger partial charge in [0.1, 0.15) is 5.75 Å². The van der Waals surface area contributed by atoms with Gasteiger partial charge in [0.15, 0.2) is 11.7 Å². The molecule has 132 valence electrons. The van der Waals surface area contributed by atoms with Crippen LogP contribution in [-0.4, -0.2) is 24.3 Å². The van der Waals surface area contributed by atoms with Crippen molar-refractivity contribution in [3.8, 4) is 5.75 Å². The summed E-state index contributed by atoms with van der Waals surface area (Å²) in [4.78, 5) is 12.3. The van der Waals surface area contributed by atoms with Gasteiger partial charge >= 0.3 is 5.97 Å². The van der Waals surface area contributed by atoms with Gasteiger partial charge in [-0.3, -0.25) is 0 Å². The van der Waals surface area contributed by atoms with Crippen molar-refractivity contribution in [3.63, 3.8) is 0 Å². The smallest absolute Gasteiger partial charge is 0.339 e. The lowest BCUT2D eigenvalue weighted by atomic mass is 9.81. The van der Waals surface area contributed by atoms with E-state index in [1.54, 1.807) is 12.1 Å². The monoisotopic (exact) mass is 348 g/mol. The fraction of sp³-hybridized carbons (Fsp3) is 0.136. The van der Waals surface area contributed by atoms with Gasteiger partial charge in [0.05, 0.1) is 7.11 Å². The number of hydrogen-bond donors (Lipinski definition) is 1. The number of ether oxygens (including phenoxy) is 2. The number of carbonyl (C=O) groups is 1. The van der Waals surface area contributed by atoms with Crippen molar-refractivity contribution in [2.24, 2.45) is 0 Å². The summed E-state index contributed by atoms with van der Waals surface area (Å²) in [5.41, 5.74) is -0.155. The zero-order chi connectivity index (χ0) is 18.4. The molecule has 0 fully saturated rings. The van der Waals surface area contributed by atoms with Crippen molar-refractivity contribution in [1.82, 2.24) is 0 Å². The lowest BCUT2D eigenvalue weighted by molar-refractivity contribution is -0.161. The van der Waals surface area contributed by atoms with Gasteiger partial charge in [0.2, 0.25) is 0 Å². The Balaban J connectivity index is 2.25. The van der Waals surface area contributed by atoms with Gasteiger partial charge in [-0.2, -0.15) is 0 Å². The van der Waals surface area contributed by atoms with Crippen LogP contribution in [0, 0.1) is 0 Å². The van der Waals surface area contributed by atoms with Crippen LogP contribution in [0.5, 0.6) is 5.75 Å². The predicted molar refractivity (Wildman–Crippen MR) is 98.8 cm³/mol. The van der Waals surface area contributed by atoms with Crippen LogP contribution >= 0.6 is 0 Å². The molecule has 4 heteroatoms. The highest BCUT2D eigenvalue weighted by Crippen LogP contribution is 2.38. The van der Waals surface area contributed by atoms with Gasteiger partial charge in [-0.05, 0) is 12.1 Å². The number of para-hydroxylation sites is 1. The number of aliphatic hydroxyl groups excluding tert-OH is 1. The molecule has 0 saturated carbocycles. The molecule has 1 atom stereocenters. The van der Waals surface area contributed by atoms with Crippen LogP contribution < -0.4 is 4.74 Å². The molecule has 0 spiro atoms. The van der Waals surface area contributed by atoms with Crippen LogP contribution in [0.25, 0.3) is 0 Å². The lowest BCUT2D eigenvalue weighted by Gasteiger charge is -2.38. The minimum atomic E-state index is -1.56. The third-order valence-corrected chi connectivity index (χ3v) is 4.24. The fourth-order valence-electron chi connectivity index (χ4n) is 2.98. The number of aliphatic hydroxyl groups is 1. The Labute approximate surface area is 152 Å². The molecule has 3 aromatic carbocycles. The third kappa shape index (κ3) is 3.32. The van der Waals surface area contributed by atoms with E-state index < -0.39 is 17.7 Å². The van der Waals surface area contributed by atoms with Gasteiger partial charge in [-0.25, -0.2) is 4.79 Å². The Morgan fingerprint density at radius 3 is 1.65 bits per heavy atom. The molecular weight excluding hydrogens is 328 g/mol. The number of benzene rings is 3. The summed E-state index contributed by atoms with van der Waals surface area (Å²) >= 11 is 0. The maximum Gasteiger partial charge on any atom is 0.339 e. The highest BCUT2D eigenvalue weighted by Gasteiger charge is 2.48. The maximum absolute atomic E-state index is 12.3. The van der Waals surface area contributed by atoms with E-state index in [1.807, 2.05) is 78.9 Å². The van der Waals surface area contributed by atoms with E-state index in [4.69, 9.17) is 9.47 Å². The summed E-state index contributed by atoms with van der Waals surface area (Å²) in [5.74, 6) is -0.239. The Bertz CT molecular complexity index is 792. The maximum atomic E-state index is 12.3. The largest absolute Gasteiger partial charge is 0.474 e. The minimum absolute atomic E-state index is 0.531. The van der Waals surface area contributed by atoms with E-state index in [1.165, 1.54) is 7.11 Å². The van der Waals surface area contributed by atoms with Crippen LogP contribution in [0.2, 0.25) is 0 Å². The quantitative estimate of drug-likeness (QED) is 0.692. The summed E-state index contributed by atoms with van der Waals surface area (Å²) in [6, 6.07) is 27.5. The molecule has 3 aromatic rings. The molecule has 3 rings (SSSR count). The molecule has 0 saturated heterocycles. The number of carbonyl (C=O) groups excluding carboxylic acids is 1. The van der Waals surface area contributed by atoms with Crippen molar-refractivity contribution >= 4 is 5.97 Å². The summed E-state index contributed by atoms with van der Waals surface area (Å²) in [6.07, 6.45) is -1.56. The molecule has 0 aromatic heterocycles. The zero-order valence-electron chi connectivity index (χ0n) is 14.4. The SMILES string of the molecule is COC(=O)C(O)C(Oc1ccccc1)(c1ccccc1)c1ccccc1. The fourth-order valence-corrected chi connectivity index (χ4v) is 2.98. The molecule has 0 aliphatic carbocycles. The third-order valence-electron chi connectivity index (χ3n) is 4.24. The average Bonchev–Trinajstić information content (AvgIpc) is 2.73. The van der Waals surface area contributed by atoms with Crippen LogP contribution in [0.15, 0.2) is 91.0 Å². The highest BCUT2D eigenvalue weighted by molar-refractivity contribution is 5.77. The lowest BCUT2D eigenvalue weighted by Crippen LogP contribution is -2.50. The van der Waals surface area contributed by atoms with Gasteiger partial charge < -0.3 is 14.6 Å². The molecule has 0 amide bonds. The standard InChI is InChI=1S/C22H20O4/c1-25-21(24)20(23)22(17-11-5-2-6-12-17,18-13-7-3-8-14-18)26-19-15-9-4-10-16-19/h2-16,20,23H,1H3. The first-order chi connectivity index (χ1) is 12.7. The molecule has 4 nitrogen and oxygen atoms in total. The second-order valence-electron chi connectivity index (χ2n) is 5.81. The van der Waals surface area contributed by atoms with Gasteiger partial charge in [-0.15, -0.1) is 0 Å². The van der Waals surface area contributed by atoms with Gasteiger partial charge in [0.25, 0.3) is 0 Å². The highest BCUT2D eigenvalue weighted by atomic mass is 16.6. The molecule has 1 N–H and O–H groups in total. The first kappa shape index (κ1) is 17.7. The Kier molecular flexibility index (Phi) is 5.34. The molecule has 1 unspecified atom stereocenters. The molecule has 0 bridgehead atoms. The molecule has 0 aliphatic heterocycles. The predicted octanol–water partition coefficient (Wildman–Crippen LogP) is 3.54. The van der Waals surface area contributed by atoms with Gasteiger partial charge in [0, 0.05) is 11.1 Å². The second-order valence-corrected chi connectivity index (χ2v) is 5.81. The molecule has 0 radical (unpaired) electrons. The number of esters is 1. The van der Waals surface area contributed by atoms with Crippen molar-refractivity contribution in [1.29, 1.82) is 0 Å². The summed E-state index contributed by atoms with van der Waals surface area (Å²) in [7, 11) is 1.24. The van der Waals surface area contributed by atoms with E-state index in [2.05, 4.69) is 0 Å². The average molecular weight is 348 g/mol. The summed E-state index contributed by atoms with van der Waals surface area (Å²) in [5, 5.41) is 11.0. The molecule has 26 heavy (non-hydrogen) atoms. The molecule has 0 aliphatic rings. The number of rotatable bonds is 6. The summed E-state index contributed by atoms with van der Waals surface area (Å²) < 4.78 is 11.1. The normalized spacial score (nSPS) is 12.2. The van der Waals surface area contributed by atoms with Crippen LogP contribution in [0.1, 0.15) is 11.1 Å². The zero-order valence-corrected chi connectivity index (χ0v) is 14.4. The Hall–Kier alpha value is -3.11. The number of hydrogen-bond acceptors (Lipinski definition) is 4. The first-order valence-electron chi connectivity index (χ1n) is 8.29. The van der Waals surface area contributed by atoms with E-state index >= 15 is 0 Å². The van der Waals surface area contributed by atoms with Crippen molar-refractivity contribution in [3.05, 3.63) is 102 Å². The van der Waals surface area contributed by atoms with Crippen LogP contribution in [-0.2, 0) is 15.1 Å². The van der Waals surface area contributed by atoms with E-state index in [-0.39, 0.29) is 0 Å². The van der Waals surface area contributed by atoms with Crippen molar-refractivity contribution < 1.29 is 19.4 Å². The second kappa shape index (κ2) is 7.85. The minimum Gasteiger partial charge on any atom is -0.474 e. The van der Waals surface area contributed by atoms with E-state index in [9.17, 15) is 9.90 Å². The molecule has 0 heterocycles. The van der Waals surface area contributed by atoms with Crippen LogP contribution in [0.4, 0.5) is 0 Å². The number of methoxy groups -OCH3 is 1. The van der Waals surface area contributed by atoms with E-state index in [0.717, 1.165) is 0 Å². The molecular formula is C22H20O4. The topological polar surface area (TPSA) is 55.8 Å². The van der Waals surface area contributed by atoms with Gasteiger partial charge in [-0.1, -0.05) is 78.9 Å². The Morgan fingerprint density at radius 2 is 1.23 bits per heavy atom. The van der Waals surface area contributed by atoms with Crippen molar-refractivity contribution in [2.45, 2.75) is 11.7 Å². The summed E-state index contributed by atoms with van der Waals surface area (Å²) in [6.45, 7) is 0. The Morgan fingerprint density at radius 1 is 0.808 bits per heavy atom. The van der Waals surface area contributed by atoms with Crippen LogP contribution in [0.3, 0.4) is 0 Å².